The first kappa shape index (κ1) is 13.4. The van der Waals surface area contributed by atoms with Gasteiger partial charge in [-0.15, -0.1) is 0 Å². The summed E-state index contributed by atoms with van der Waals surface area (Å²) in [5.41, 5.74) is -0.699. The van der Waals surface area contributed by atoms with Gasteiger partial charge in [0.2, 0.25) is 5.91 Å². The van der Waals surface area contributed by atoms with E-state index in [-0.39, 0.29) is 12.5 Å². The number of carbonyl (C=O) groups is 2. The Hall–Kier alpha value is -0.710. The van der Waals surface area contributed by atoms with Crippen molar-refractivity contribution in [2.45, 2.75) is 32.1 Å². The van der Waals surface area contributed by atoms with Gasteiger partial charge in [-0.25, -0.2) is 0 Å². The fraction of sp³-hybridized carbons (Fsp3) is 0.818. The molecule has 0 unspecified atom stereocenters. The van der Waals surface area contributed by atoms with Gasteiger partial charge in [0.25, 0.3) is 0 Å². The molecule has 5 heteroatoms. The first-order valence-electron chi connectivity index (χ1n) is 5.60. The summed E-state index contributed by atoms with van der Waals surface area (Å²) < 4.78 is 0. The number of rotatable bonds is 6. The maximum atomic E-state index is 11.4. The molecule has 92 valence electrons. The molecular formula is C11H19NO3S. The van der Waals surface area contributed by atoms with Crippen LogP contribution in [0.25, 0.3) is 0 Å². The zero-order valence-corrected chi connectivity index (χ0v) is 10.4. The SMILES string of the molecule is CSCCC(=O)NCC1(C(=O)O)CCCC1. The second kappa shape index (κ2) is 6.13. The molecule has 0 spiro atoms. The minimum atomic E-state index is -0.768. The Morgan fingerprint density at radius 2 is 2.00 bits per heavy atom. The Balaban J connectivity index is 2.39. The van der Waals surface area contributed by atoms with Crippen LogP contribution in [0.15, 0.2) is 0 Å². The molecule has 0 bridgehead atoms. The molecule has 0 aliphatic heterocycles. The van der Waals surface area contributed by atoms with Crippen LogP contribution in [0.1, 0.15) is 32.1 Å². The predicted octanol–water partition coefficient (Wildman–Crippen LogP) is 1.50. The Labute approximate surface area is 100 Å². The summed E-state index contributed by atoms with van der Waals surface area (Å²) in [6, 6.07) is 0. The van der Waals surface area contributed by atoms with Crippen molar-refractivity contribution in [2.75, 3.05) is 18.6 Å². The summed E-state index contributed by atoms with van der Waals surface area (Å²) in [4.78, 5) is 22.6. The van der Waals surface area contributed by atoms with Gasteiger partial charge >= 0.3 is 5.97 Å². The molecule has 4 nitrogen and oxygen atoms in total. The van der Waals surface area contributed by atoms with Crippen molar-refractivity contribution >= 4 is 23.6 Å². The summed E-state index contributed by atoms with van der Waals surface area (Å²) in [5.74, 6) is -0.0247. The highest BCUT2D eigenvalue weighted by Crippen LogP contribution is 2.37. The maximum absolute atomic E-state index is 11.4. The third kappa shape index (κ3) is 3.40. The molecular weight excluding hydrogens is 226 g/mol. The first-order valence-corrected chi connectivity index (χ1v) is 6.99. The van der Waals surface area contributed by atoms with Crippen LogP contribution in [-0.4, -0.2) is 35.5 Å². The number of carboxylic acids is 1. The number of hydrogen-bond donors (Lipinski definition) is 2. The number of aliphatic carboxylic acids is 1. The highest BCUT2D eigenvalue weighted by Gasteiger charge is 2.41. The summed E-state index contributed by atoms with van der Waals surface area (Å²) in [5, 5.41) is 11.9. The molecule has 16 heavy (non-hydrogen) atoms. The minimum Gasteiger partial charge on any atom is -0.481 e. The van der Waals surface area contributed by atoms with Crippen LogP contribution in [0.3, 0.4) is 0 Å². The smallest absolute Gasteiger partial charge is 0.311 e. The minimum absolute atomic E-state index is 0.0399. The Morgan fingerprint density at radius 1 is 1.38 bits per heavy atom. The number of hydrogen-bond acceptors (Lipinski definition) is 3. The molecule has 1 saturated carbocycles. The van der Waals surface area contributed by atoms with Crippen LogP contribution in [0.2, 0.25) is 0 Å². The van der Waals surface area contributed by atoms with Crippen LogP contribution in [-0.2, 0) is 9.59 Å². The van der Waals surface area contributed by atoms with Crippen molar-refractivity contribution in [3.05, 3.63) is 0 Å². The zero-order valence-electron chi connectivity index (χ0n) is 9.62. The summed E-state index contributed by atoms with van der Waals surface area (Å²) in [7, 11) is 0. The van der Waals surface area contributed by atoms with E-state index >= 15 is 0 Å². The normalized spacial score (nSPS) is 18.3. The molecule has 0 aromatic carbocycles. The van der Waals surface area contributed by atoms with Gasteiger partial charge < -0.3 is 10.4 Å². The zero-order chi connectivity index (χ0) is 12.0. The Bertz CT molecular complexity index is 262. The standard InChI is InChI=1S/C11H19NO3S/c1-16-7-4-9(13)12-8-11(10(14)15)5-2-3-6-11/h2-8H2,1H3,(H,12,13)(H,14,15). The maximum Gasteiger partial charge on any atom is 0.311 e. The van der Waals surface area contributed by atoms with E-state index in [0.29, 0.717) is 19.3 Å². The van der Waals surface area contributed by atoms with E-state index in [2.05, 4.69) is 5.32 Å². The molecule has 1 rings (SSSR count). The van der Waals surface area contributed by atoms with Gasteiger partial charge in [0.05, 0.1) is 5.41 Å². The fourth-order valence-corrected chi connectivity index (χ4v) is 2.46. The van der Waals surface area contributed by atoms with Gasteiger partial charge in [-0.1, -0.05) is 12.8 Å². The largest absolute Gasteiger partial charge is 0.481 e. The summed E-state index contributed by atoms with van der Waals surface area (Å²) >= 11 is 1.62. The summed E-state index contributed by atoms with van der Waals surface area (Å²) in [6.07, 6.45) is 5.69. The number of thioether (sulfide) groups is 1. The van der Waals surface area contributed by atoms with Crippen molar-refractivity contribution in [1.29, 1.82) is 0 Å². The predicted molar refractivity (Wildman–Crippen MR) is 64.5 cm³/mol. The molecule has 2 N–H and O–H groups in total. The van der Waals surface area contributed by atoms with E-state index in [0.717, 1.165) is 18.6 Å². The number of carboxylic acid groups (broad SMARTS) is 1. The van der Waals surface area contributed by atoms with E-state index in [1.807, 2.05) is 6.26 Å². The van der Waals surface area contributed by atoms with Crippen molar-refractivity contribution in [3.63, 3.8) is 0 Å². The van der Waals surface area contributed by atoms with Crippen LogP contribution < -0.4 is 5.32 Å². The third-order valence-electron chi connectivity index (χ3n) is 3.17. The van der Waals surface area contributed by atoms with E-state index in [9.17, 15) is 14.7 Å². The topological polar surface area (TPSA) is 66.4 Å². The first-order chi connectivity index (χ1) is 7.60. The Morgan fingerprint density at radius 3 is 2.50 bits per heavy atom. The Kier molecular flexibility index (Phi) is 5.12. The molecule has 0 atom stereocenters. The van der Waals surface area contributed by atoms with Crippen LogP contribution in [0.4, 0.5) is 0 Å². The molecule has 1 amide bonds. The lowest BCUT2D eigenvalue weighted by atomic mass is 9.86. The van der Waals surface area contributed by atoms with Crippen molar-refractivity contribution in [1.82, 2.24) is 5.32 Å². The highest BCUT2D eigenvalue weighted by atomic mass is 32.2. The van der Waals surface area contributed by atoms with Crippen molar-refractivity contribution in [3.8, 4) is 0 Å². The fourth-order valence-electron chi connectivity index (χ4n) is 2.07. The van der Waals surface area contributed by atoms with E-state index < -0.39 is 11.4 Å². The van der Waals surface area contributed by atoms with E-state index in [1.54, 1.807) is 11.8 Å². The molecule has 0 aromatic heterocycles. The second-order valence-electron chi connectivity index (χ2n) is 4.31. The number of amides is 1. The van der Waals surface area contributed by atoms with Crippen LogP contribution in [0.5, 0.6) is 0 Å². The average molecular weight is 245 g/mol. The summed E-state index contributed by atoms with van der Waals surface area (Å²) in [6.45, 7) is 0.287. The van der Waals surface area contributed by atoms with Crippen molar-refractivity contribution in [2.24, 2.45) is 5.41 Å². The average Bonchev–Trinajstić information content (AvgIpc) is 2.73. The van der Waals surface area contributed by atoms with Gasteiger partial charge in [-0.05, 0) is 19.1 Å². The highest BCUT2D eigenvalue weighted by molar-refractivity contribution is 7.98. The quantitative estimate of drug-likeness (QED) is 0.744. The lowest BCUT2D eigenvalue weighted by molar-refractivity contribution is -0.148. The van der Waals surface area contributed by atoms with Crippen LogP contribution in [0, 0.1) is 5.41 Å². The molecule has 1 fully saturated rings. The number of nitrogens with one attached hydrogen (secondary N) is 1. The molecule has 0 radical (unpaired) electrons. The van der Waals surface area contributed by atoms with E-state index in [4.69, 9.17) is 0 Å². The van der Waals surface area contributed by atoms with Crippen molar-refractivity contribution < 1.29 is 14.7 Å². The van der Waals surface area contributed by atoms with Gasteiger partial charge in [-0.2, -0.15) is 11.8 Å². The van der Waals surface area contributed by atoms with Gasteiger partial charge in [-0.3, -0.25) is 9.59 Å². The molecule has 0 aromatic rings. The van der Waals surface area contributed by atoms with E-state index in [1.165, 1.54) is 0 Å². The number of carbonyl (C=O) groups excluding carboxylic acids is 1. The van der Waals surface area contributed by atoms with Gasteiger partial charge in [0.1, 0.15) is 0 Å². The molecule has 1 aliphatic rings. The van der Waals surface area contributed by atoms with Gasteiger partial charge in [0.15, 0.2) is 0 Å². The third-order valence-corrected chi connectivity index (χ3v) is 3.78. The lowest BCUT2D eigenvalue weighted by Gasteiger charge is -2.23. The second-order valence-corrected chi connectivity index (χ2v) is 5.30. The van der Waals surface area contributed by atoms with Crippen LogP contribution >= 0.6 is 11.8 Å². The molecule has 1 aliphatic carbocycles. The molecule has 0 heterocycles. The monoisotopic (exact) mass is 245 g/mol. The lowest BCUT2D eigenvalue weighted by Crippen LogP contribution is -2.41. The molecule has 0 saturated heterocycles. The van der Waals surface area contributed by atoms with Gasteiger partial charge in [0, 0.05) is 18.7 Å².